The minimum Gasteiger partial charge on any atom is -0.379 e. The summed E-state index contributed by atoms with van der Waals surface area (Å²) in [6.45, 7) is 5.98. The van der Waals surface area contributed by atoms with Gasteiger partial charge in [0.05, 0.1) is 25.6 Å². The third-order valence-corrected chi connectivity index (χ3v) is 2.95. The maximum absolute atomic E-state index is 10.7. The summed E-state index contributed by atoms with van der Waals surface area (Å²) in [4.78, 5) is 0. The van der Waals surface area contributed by atoms with Crippen molar-refractivity contribution < 1.29 is 17.9 Å². The van der Waals surface area contributed by atoms with Gasteiger partial charge < -0.3 is 9.47 Å². The summed E-state index contributed by atoms with van der Waals surface area (Å²) < 4.78 is 31.8. The van der Waals surface area contributed by atoms with E-state index in [1.165, 1.54) is 0 Å². The van der Waals surface area contributed by atoms with Crippen molar-refractivity contribution in [3.8, 4) is 0 Å². The molecule has 15 heavy (non-hydrogen) atoms. The quantitative estimate of drug-likeness (QED) is 0.466. The van der Waals surface area contributed by atoms with Crippen LogP contribution in [0.2, 0.25) is 0 Å². The first kappa shape index (κ1) is 15.2. The van der Waals surface area contributed by atoms with E-state index < -0.39 is 9.05 Å². The first-order valence-electron chi connectivity index (χ1n) is 5.03. The molecular weight excluding hydrogens is 240 g/mol. The van der Waals surface area contributed by atoms with E-state index in [1.54, 1.807) is 6.92 Å². The van der Waals surface area contributed by atoms with Crippen molar-refractivity contribution in [3.05, 3.63) is 0 Å². The molecule has 0 saturated heterocycles. The van der Waals surface area contributed by atoms with Crippen LogP contribution in [0.25, 0.3) is 0 Å². The molecule has 4 nitrogen and oxygen atoms in total. The highest BCUT2D eigenvalue weighted by Gasteiger charge is 2.12. The molecule has 0 aromatic carbocycles. The zero-order valence-electron chi connectivity index (χ0n) is 9.24. The van der Waals surface area contributed by atoms with E-state index in [-0.39, 0.29) is 11.7 Å². The number of halogens is 1. The second-order valence-corrected chi connectivity index (χ2v) is 6.32. The van der Waals surface area contributed by atoms with Crippen molar-refractivity contribution in [1.82, 2.24) is 0 Å². The van der Waals surface area contributed by atoms with E-state index in [9.17, 15) is 8.42 Å². The minimum atomic E-state index is -3.41. The van der Waals surface area contributed by atoms with Gasteiger partial charge in [0.1, 0.15) is 0 Å². The summed E-state index contributed by atoms with van der Waals surface area (Å²) in [7, 11) is 1.69. The average molecular weight is 259 g/mol. The van der Waals surface area contributed by atoms with Gasteiger partial charge in [0.2, 0.25) is 9.05 Å². The van der Waals surface area contributed by atoms with Crippen LogP contribution in [-0.4, -0.2) is 40.6 Å². The van der Waals surface area contributed by atoms with Crippen molar-refractivity contribution in [2.75, 3.05) is 32.2 Å². The lowest BCUT2D eigenvalue weighted by molar-refractivity contribution is 0.0384. The maximum atomic E-state index is 10.7. The Morgan fingerprint density at radius 1 is 1.20 bits per heavy atom. The number of rotatable bonds is 9. The molecule has 0 rings (SSSR count). The predicted octanol–water partition coefficient (Wildman–Crippen LogP) is 1.63. The Morgan fingerprint density at radius 3 is 2.33 bits per heavy atom. The molecule has 0 spiro atoms. The fraction of sp³-hybridized carbons (Fsp3) is 1.00. The van der Waals surface area contributed by atoms with Crippen molar-refractivity contribution in [3.63, 3.8) is 0 Å². The first-order valence-corrected chi connectivity index (χ1v) is 7.51. The Morgan fingerprint density at radius 2 is 1.80 bits per heavy atom. The molecule has 0 aliphatic carbocycles. The van der Waals surface area contributed by atoms with E-state index in [0.29, 0.717) is 19.8 Å². The van der Waals surface area contributed by atoms with Gasteiger partial charge >= 0.3 is 0 Å². The normalized spacial score (nSPS) is 14.1. The summed E-state index contributed by atoms with van der Waals surface area (Å²) in [5.41, 5.74) is 0. The van der Waals surface area contributed by atoms with Gasteiger partial charge in [-0.05, 0) is 12.3 Å². The Labute approximate surface area is 96.3 Å². The molecule has 1 atom stereocenters. The molecule has 0 amide bonds. The summed E-state index contributed by atoms with van der Waals surface area (Å²) in [5.74, 6) is -0.136. The minimum absolute atomic E-state index is 0.0512. The molecule has 0 aliphatic heterocycles. The fourth-order valence-electron chi connectivity index (χ4n) is 1.04. The monoisotopic (exact) mass is 258 g/mol. The van der Waals surface area contributed by atoms with Crippen LogP contribution in [-0.2, 0) is 18.5 Å². The van der Waals surface area contributed by atoms with Crippen LogP contribution in [0.1, 0.15) is 20.3 Å². The molecular formula is C9H19ClO4S. The molecule has 0 radical (unpaired) electrons. The lowest BCUT2D eigenvalue weighted by Gasteiger charge is -2.10. The van der Waals surface area contributed by atoms with E-state index in [1.807, 2.05) is 6.92 Å². The highest BCUT2D eigenvalue weighted by molar-refractivity contribution is 8.13. The van der Waals surface area contributed by atoms with Gasteiger partial charge in [-0.25, -0.2) is 8.42 Å². The van der Waals surface area contributed by atoms with Crippen molar-refractivity contribution in [1.29, 1.82) is 0 Å². The zero-order chi connectivity index (χ0) is 11.7. The van der Waals surface area contributed by atoms with Gasteiger partial charge in [-0.2, -0.15) is 0 Å². The number of ether oxygens (including phenoxy) is 2. The molecule has 0 heterocycles. The van der Waals surface area contributed by atoms with Gasteiger partial charge in [0.15, 0.2) is 0 Å². The van der Waals surface area contributed by atoms with Crippen LogP contribution in [0.5, 0.6) is 0 Å². The van der Waals surface area contributed by atoms with Gasteiger partial charge in [-0.1, -0.05) is 13.8 Å². The van der Waals surface area contributed by atoms with E-state index in [4.69, 9.17) is 20.2 Å². The first-order chi connectivity index (χ1) is 6.95. The van der Waals surface area contributed by atoms with Crippen LogP contribution in [0.15, 0.2) is 0 Å². The third-order valence-electron chi connectivity index (χ3n) is 1.61. The van der Waals surface area contributed by atoms with E-state index in [2.05, 4.69) is 0 Å². The number of hydrogen-bond acceptors (Lipinski definition) is 4. The summed E-state index contributed by atoms with van der Waals surface area (Å²) >= 11 is 0. The Hall–Kier alpha value is 0.160. The second-order valence-electron chi connectivity index (χ2n) is 3.50. The smallest absolute Gasteiger partial charge is 0.232 e. The summed E-state index contributed by atoms with van der Waals surface area (Å²) in [6, 6.07) is 0. The summed E-state index contributed by atoms with van der Waals surface area (Å²) in [5, 5.41) is 0. The Balaban J connectivity index is 3.36. The second kappa shape index (κ2) is 8.33. The lowest BCUT2D eigenvalue weighted by atomic mass is 10.2. The van der Waals surface area contributed by atoms with E-state index >= 15 is 0 Å². The topological polar surface area (TPSA) is 52.6 Å². The largest absolute Gasteiger partial charge is 0.379 e. The molecule has 6 heteroatoms. The van der Waals surface area contributed by atoms with Crippen molar-refractivity contribution in [2.24, 2.45) is 5.92 Å². The predicted molar refractivity (Wildman–Crippen MR) is 60.7 cm³/mol. The molecule has 92 valence electrons. The molecule has 0 bridgehead atoms. The Kier molecular flexibility index (Phi) is 8.42. The van der Waals surface area contributed by atoms with Crippen molar-refractivity contribution in [2.45, 2.75) is 20.3 Å². The van der Waals surface area contributed by atoms with Gasteiger partial charge in [0.25, 0.3) is 0 Å². The van der Waals surface area contributed by atoms with E-state index in [0.717, 1.165) is 13.0 Å². The van der Waals surface area contributed by atoms with Crippen LogP contribution in [0.4, 0.5) is 0 Å². The number of hydrogen-bond donors (Lipinski definition) is 0. The molecule has 0 N–H and O–H groups in total. The standard InChI is InChI=1S/C9H19ClO4S/c1-3-4-13-5-6-14-7-9(2)8-15(10,11)12/h9H,3-8H2,1-2H3. The SMILES string of the molecule is CCCOCCOCC(C)CS(=O)(=O)Cl. The lowest BCUT2D eigenvalue weighted by Crippen LogP contribution is -2.16. The van der Waals surface area contributed by atoms with Gasteiger partial charge in [-0.15, -0.1) is 0 Å². The molecule has 0 fully saturated rings. The highest BCUT2D eigenvalue weighted by atomic mass is 35.7. The van der Waals surface area contributed by atoms with Crippen LogP contribution >= 0.6 is 10.7 Å². The average Bonchev–Trinajstić information content (AvgIpc) is 2.08. The molecule has 1 unspecified atom stereocenters. The van der Waals surface area contributed by atoms with Crippen LogP contribution in [0.3, 0.4) is 0 Å². The maximum Gasteiger partial charge on any atom is 0.232 e. The molecule has 0 aliphatic rings. The molecule has 0 aromatic rings. The Bertz CT molecular complexity index is 240. The summed E-state index contributed by atoms with van der Waals surface area (Å²) in [6.07, 6.45) is 0.987. The molecule has 0 saturated carbocycles. The van der Waals surface area contributed by atoms with Gasteiger partial charge in [-0.3, -0.25) is 0 Å². The van der Waals surface area contributed by atoms with Crippen LogP contribution < -0.4 is 0 Å². The highest BCUT2D eigenvalue weighted by Crippen LogP contribution is 2.05. The fourth-order valence-corrected chi connectivity index (χ4v) is 2.46. The molecule has 0 aromatic heterocycles. The zero-order valence-corrected chi connectivity index (χ0v) is 10.8. The van der Waals surface area contributed by atoms with Crippen molar-refractivity contribution >= 4 is 19.7 Å². The van der Waals surface area contributed by atoms with Gasteiger partial charge in [0, 0.05) is 17.3 Å². The van der Waals surface area contributed by atoms with Crippen LogP contribution in [0, 0.1) is 5.92 Å². The third kappa shape index (κ3) is 12.1.